The van der Waals surface area contributed by atoms with Gasteiger partial charge in [-0.25, -0.2) is 8.42 Å². The van der Waals surface area contributed by atoms with Gasteiger partial charge in [0.2, 0.25) is 0 Å². The molecule has 0 aromatic heterocycles. The molecular formula is C13H24O4S. The normalized spacial score (nSPS) is 24.4. The summed E-state index contributed by atoms with van der Waals surface area (Å²) in [5, 5.41) is 0. The van der Waals surface area contributed by atoms with Gasteiger partial charge in [-0.05, 0) is 25.7 Å². The predicted octanol–water partition coefficient (Wildman–Crippen LogP) is 2.30. The van der Waals surface area contributed by atoms with Crippen LogP contribution in [0.2, 0.25) is 0 Å². The van der Waals surface area contributed by atoms with E-state index in [0.717, 1.165) is 19.3 Å². The van der Waals surface area contributed by atoms with E-state index in [9.17, 15) is 8.42 Å². The van der Waals surface area contributed by atoms with Gasteiger partial charge in [-0.2, -0.15) is 0 Å². The summed E-state index contributed by atoms with van der Waals surface area (Å²) in [6.45, 7) is 8.01. The molecule has 2 atom stereocenters. The molecule has 2 unspecified atom stereocenters. The van der Waals surface area contributed by atoms with Gasteiger partial charge in [-0.15, -0.1) is 6.58 Å². The highest BCUT2D eigenvalue weighted by molar-refractivity contribution is 7.93. The minimum absolute atomic E-state index is 0.0990. The highest BCUT2D eigenvalue weighted by Crippen LogP contribution is 2.26. The lowest BCUT2D eigenvalue weighted by atomic mass is 10.1. The highest BCUT2D eigenvalue weighted by atomic mass is 32.2. The van der Waals surface area contributed by atoms with Crippen LogP contribution in [0, 0.1) is 0 Å². The van der Waals surface area contributed by atoms with E-state index in [0.29, 0.717) is 13.0 Å². The van der Waals surface area contributed by atoms with Crippen molar-refractivity contribution in [3.8, 4) is 0 Å². The average molecular weight is 276 g/mol. The molecule has 0 aliphatic carbocycles. The Bertz CT molecular complexity index is 357. The van der Waals surface area contributed by atoms with Crippen LogP contribution in [0.5, 0.6) is 0 Å². The largest absolute Gasteiger partial charge is 0.353 e. The molecule has 106 valence electrons. The lowest BCUT2D eigenvalue weighted by Crippen LogP contribution is -2.43. The zero-order valence-corrected chi connectivity index (χ0v) is 12.2. The van der Waals surface area contributed by atoms with E-state index in [1.54, 1.807) is 6.92 Å². The summed E-state index contributed by atoms with van der Waals surface area (Å²) in [6, 6.07) is 0. The van der Waals surface area contributed by atoms with Gasteiger partial charge in [0.15, 0.2) is 16.1 Å². The molecule has 4 nitrogen and oxygen atoms in total. The zero-order chi connectivity index (χ0) is 13.6. The van der Waals surface area contributed by atoms with Crippen molar-refractivity contribution in [2.24, 2.45) is 0 Å². The Hall–Kier alpha value is -0.390. The van der Waals surface area contributed by atoms with E-state index in [-0.39, 0.29) is 18.6 Å². The maximum absolute atomic E-state index is 12.2. The summed E-state index contributed by atoms with van der Waals surface area (Å²) >= 11 is 0. The maximum atomic E-state index is 12.2. The molecular weight excluding hydrogens is 252 g/mol. The molecule has 0 radical (unpaired) electrons. The zero-order valence-electron chi connectivity index (χ0n) is 11.4. The molecule has 18 heavy (non-hydrogen) atoms. The van der Waals surface area contributed by atoms with Crippen molar-refractivity contribution in [2.75, 3.05) is 19.0 Å². The first-order valence-electron chi connectivity index (χ1n) is 6.60. The second-order valence-corrected chi connectivity index (χ2v) is 7.25. The molecule has 1 heterocycles. The first-order valence-corrected chi connectivity index (χ1v) is 8.25. The topological polar surface area (TPSA) is 52.6 Å². The molecule has 0 bridgehead atoms. The lowest BCUT2D eigenvalue weighted by molar-refractivity contribution is -0.165. The van der Waals surface area contributed by atoms with Crippen molar-refractivity contribution in [1.82, 2.24) is 0 Å². The van der Waals surface area contributed by atoms with Crippen molar-refractivity contribution >= 4 is 9.84 Å². The lowest BCUT2D eigenvalue weighted by Gasteiger charge is -2.31. The van der Waals surface area contributed by atoms with Crippen molar-refractivity contribution in [1.29, 1.82) is 0 Å². The summed E-state index contributed by atoms with van der Waals surface area (Å²) in [7, 11) is -3.22. The van der Waals surface area contributed by atoms with E-state index in [1.807, 2.05) is 6.92 Å². The number of hydrogen-bond donors (Lipinski definition) is 0. The molecule has 5 heteroatoms. The van der Waals surface area contributed by atoms with Crippen LogP contribution in [0.3, 0.4) is 0 Å². The Balaban J connectivity index is 2.71. The van der Waals surface area contributed by atoms with Gasteiger partial charge in [0.25, 0.3) is 0 Å². The molecule has 1 saturated heterocycles. The van der Waals surface area contributed by atoms with E-state index >= 15 is 0 Å². The molecule has 0 saturated carbocycles. The standard InChI is InChI=1S/C13H24O4S/c1-4-13(5-2,18(14,15)6-3)11-17-12-9-7-8-10-16-12/h4,12H,1,5-11H2,2-3H3. The maximum Gasteiger partial charge on any atom is 0.161 e. The van der Waals surface area contributed by atoms with Gasteiger partial charge >= 0.3 is 0 Å². The average Bonchev–Trinajstić information content (AvgIpc) is 2.41. The van der Waals surface area contributed by atoms with Gasteiger partial charge in [-0.1, -0.05) is 19.9 Å². The number of sulfone groups is 1. The molecule has 0 aromatic rings. The van der Waals surface area contributed by atoms with Crippen LogP contribution in [-0.4, -0.2) is 38.4 Å². The smallest absolute Gasteiger partial charge is 0.161 e. The van der Waals surface area contributed by atoms with Crippen molar-refractivity contribution in [3.63, 3.8) is 0 Å². The van der Waals surface area contributed by atoms with Crippen molar-refractivity contribution < 1.29 is 17.9 Å². The first-order chi connectivity index (χ1) is 8.51. The highest BCUT2D eigenvalue weighted by Gasteiger charge is 2.39. The fourth-order valence-electron chi connectivity index (χ4n) is 2.11. The minimum Gasteiger partial charge on any atom is -0.353 e. The summed E-state index contributed by atoms with van der Waals surface area (Å²) < 4.78 is 34.4. The first kappa shape index (κ1) is 15.7. The molecule has 0 amide bonds. The van der Waals surface area contributed by atoms with Gasteiger partial charge in [0.1, 0.15) is 4.75 Å². The van der Waals surface area contributed by atoms with Crippen LogP contribution >= 0.6 is 0 Å². The molecule has 0 spiro atoms. The van der Waals surface area contributed by atoms with Gasteiger partial charge in [0.05, 0.1) is 6.61 Å². The quantitative estimate of drug-likeness (QED) is 0.670. The van der Waals surface area contributed by atoms with Gasteiger partial charge < -0.3 is 9.47 Å². The third kappa shape index (κ3) is 3.33. The van der Waals surface area contributed by atoms with Crippen molar-refractivity contribution in [2.45, 2.75) is 50.6 Å². The van der Waals surface area contributed by atoms with E-state index in [1.165, 1.54) is 6.08 Å². The molecule has 1 rings (SSSR count). The van der Waals surface area contributed by atoms with Crippen LogP contribution in [0.15, 0.2) is 12.7 Å². The van der Waals surface area contributed by atoms with E-state index in [4.69, 9.17) is 9.47 Å². The van der Waals surface area contributed by atoms with E-state index < -0.39 is 14.6 Å². The molecule has 1 fully saturated rings. The van der Waals surface area contributed by atoms with Crippen LogP contribution in [0.25, 0.3) is 0 Å². The van der Waals surface area contributed by atoms with Crippen LogP contribution in [-0.2, 0) is 19.3 Å². The predicted molar refractivity (Wildman–Crippen MR) is 72.2 cm³/mol. The molecule has 0 aromatic carbocycles. The Kier molecular flexibility index (Phi) is 5.82. The third-order valence-corrected chi connectivity index (χ3v) is 6.19. The van der Waals surface area contributed by atoms with Crippen molar-refractivity contribution in [3.05, 3.63) is 12.7 Å². The van der Waals surface area contributed by atoms with Gasteiger partial charge in [-0.3, -0.25) is 0 Å². The Morgan fingerprint density at radius 2 is 2.17 bits per heavy atom. The Morgan fingerprint density at radius 3 is 2.61 bits per heavy atom. The molecule has 0 N–H and O–H groups in total. The second kappa shape index (κ2) is 6.68. The Labute approximate surface area is 110 Å². The SMILES string of the molecule is C=CC(CC)(COC1CCCCO1)S(=O)(=O)CC. The fourth-order valence-corrected chi connectivity index (χ4v) is 3.62. The van der Waals surface area contributed by atoms with Crippen LogP contribution in [0.1, 0.15) is 39.5 Å². The van der Waals surface area contributed by atoms with Crippen LogP contribution in [0.4, 0.5) is 0 Å². The minimum atomic E-state index is -3.22. The monoisotopic (exact) mass is 276 g/mol. The fraction of sp³-hybridized carbons (Fsp3) is 0.846. The number of hydrogen-bond acceptors (Lipinski definition) is 4. The summed E-state index contributed by atoms with van der Waals surface area (Å²) in [4.78, 5) is 0. The molecule has 1 aliphatic rings. The molecule has 1 aliphatic heterocycles. The number of ether oxygens (including phenoxy) is 2. The number of rotatable bonds is 7. The second-order valence-electron chi connectivity index (χ2n) is 4.63. The van der Waals surface area contributed by atoms with Gasteiger partial charge in [0, 0.05) is 12.4 Å². The Morgan fingerprint density at radius 1 is 1.44 bits per heavy atom. The summed E-state index contributed by atoms with van der Waals surface area (Å²) in [5.74, 6) is 0.0990. The third-order valence-electron chi connectivity index (χ3n) is 3.62. The summed E-state index contributed by atoms with van der Waals surface area (Å²) in [5.41, 5.74) is 0. The summed E-state index contributed by atoms with van der Waals surface area (Å²) in [6.07, 6.45) is 4.67. The van der Waals surface area contributed by atoms with Crippen LogP contribution < -0.4 is 0 Å². The van der Waals surface area contributed by atoms with E-state index in [2.05, 4.69) is 6.58 Å².